The summed E-state index contributed by atoms with van der Waals surface area (Å²) in [6, 6.07) is 20.3. The second kappa shape index (κ2) is 10.5. The summed E-state index contributed by atoms with van der Waals surface area (Å²) < 4.78 is 19.9. The number of rotatable bonds is 8. The van der Waals surface area contributed by atoms with Crippen molar-refractivity contribution in [2.45, 2.75) is 39.5 Å². The van der Waals surface area contributed by atoms with Crippen molar-refractivity contribution < 1.29 is 13.9 Å². The van der Waals surface area contributed by atoms with E-state index in [9.17, 15) is 9.18 Å². The van der Waals surface area contributed by atoms with E-state index in [1.54, 1.807) is 18.2 Å². The highest BCUT2D eigenvalue weighted by molar-refractivity contribution is 5.88. The van der Waals surface area contributed by atoms with E-state index < -0.39 is 11.8 Å². The zero-order chi connectivity index (χ0) is 21.3. The molecule has 3 heteroatoms. The Hall–Kier alpha value is -3.20. The summed E-state index contributed by atoms with van der Waals surface area (Å²) in [5.74, 6) is -0.772. The number of benzene rings is 3. The zero-order valence-corrected chi connectivity index (χ0v) is 17.5. The van der Waals surface area contributed by atoms with Crippen LogP contribution in [0.4, 0.5) is 4.39 Å². The van der Waals surface area contributed by atoms with Gasteiger partial charge in [-0.3, -0.25) is 0 Å². The largest absolute Gasteiger partial charge is 0.423 e. The molecule has 3 rings (SSSR count). The number of unbranched alkanes of at least 4 members (excludes halogenated alkanes) is 2. The van der Waals surface area contributed by atoms with Crippen LogP contribution < -0.4 is 4.74 Å². The third-order valence-electron chi connectivity index (χ3n) is 4.98. The van der Waals surface area contributed by atoms with Crippen molar-refractivity contribution in [3.63, 3.8) is 0 Å². The van der Waals surface area contributed by atoms with Gasteiger partial charge in [0.15, 0.2) is 0 Å². The number of esters is 1. The van der Waals surface area contributed by atoms with Gasteiger partial charge in [-0.2, -0.15) is 0 Å². The number of hydrogen-bond donors (Lipinski definition) is 0. The van der Waals surface area contributed by atoms with E-state index in [0.717, 1.165) is 23.1 Å². The van der Waals surface area contributed by atoms with Crippen LogP contribution in [0.2, 0.25) is 0 Å². The van der Waals surface area contributed by atoms with Crippen LogP contribution in [0.1, 0.15) is 42.9 Å². The average Bonchev–Trinajstić information content (AvgIpc) is 2.74. The van der Waals surface area contributed by atoms with Crippen molar-refractivity contribution in [3.8, 4) is 16.9 Å². The maximum atomic E-state index is 14.6. The monoisotopic (exact) mass is 402 g/mol. The molecule has 3 aromatic carbocycles. The van der Waals surface area contributed by atoms with Crippen LogP contribution in [-0.4, -0.2) is 5.97 Å². The minimum atomic E-state index is -0.542. The Labute approximate surface area is 178 Å². The van der Waals surface area contributed by atoms with Crippen molar-refractivity contribution in [3.05, 3.63) is 95.3 Å². The van der Waals surface area contributed by atoms with E-state index in [-0.39, 0.29) is 5.75 Å². The predicted octanol–water partition coefficient (Wildman–Crippen LogP) is 7.15. The van der Waals surface area contributed by atoms with Crippen LogP contribution in [0.25, 0.3) is 17.2 Å². The Morgan fingerprint density at radius 2 is 1.70 bits per heavy atom. The maximum absolute atomic E-state index is 14.6. The molecule has 0 bridgehead atoms. The molecule has 0 saturated carbocycles. The van der Waals surface area contributed by atoms with Crippen LogP contribution >= 0.6 is 0 Å². The molecular weight excluding hydrogens is 375 g/mol. The second-order valence-electron chi connectivity index (χ2n) is 7.46. The standard InChI is InChI=1S/C27H27FO2/c1-3-4-5-6-21-11-14-23(15-12-21)25-17-16-24(19-26(25)28)30-27(29)18-13-22-9-7-20(2)8-10-22/h7-19H,3-6H2,1-2H3/b18-13-. The Bertz CT molecular complexity index is 1000. The second-order valence-corrected chi connectivity index (χ2v) is 7.46. The lowest BCUT2D eigenvalue weighted by molar-refractivity contribution is -0.128. The summed E-state index contributed by atoms with van der Waals surface area (Å²) in [5.41, 5.74) is 4.61. The fourth-order valence-corrected chi connectivity index (χ4v) is 3.22. The van der Waals surface area contributed by atoms with Crippen molar-refractivity contribution in [2.24, 2.45) is 0 Å². The van der Waals surface area contributed by atoms with Gasteiger partial charge in [-0.1, -0.05) is 73.9 Å². The molecule has 2 nitrogen and oxygen atoms in total. The fourth-order valence-electron chi connectivity index (χ4n) is 3.22. The molecule has 0 aliphatic carbocycles. The lowest BCUT2D eigenvalue weighted by Gasteiger charge is -2.08. The van der Waals surface area contributed by atoms with Gasteiger partial charge in [0.25, 0.3) is 0 Å². The average molecular weight is 403 g/mol. The summed E-state index contributed by atoms with van der Waals surface area (Å²) in [4.78, 5) is 12.0. The number of hydrogen-bond acceptors (Lipinski definition) is 2. The van der Waals surface area contributed by atoms with Gasteiger partial charge in [0.1, 0.15) is 11.6 Å². The first-order valence-electron chi connectivity index (χ1n) is 10.4. The summed E-state index contributed by atoms with van der Waals surface area (Å²) in [6.07, 6.45) is 7.64. The lowest BCUT2D eigenvalue weighted by atomic mass is 10.0. The van der Waals surface area contributed by atoms with E-state index in [4.69, 9.17) is 4.74 Å². The van der Waals surface area contributed by atoms with Gasteiger partial charge in [-0.25, -0.2) is 9.18 Å². The van der Waals surface area contributed by atoms with Gasteiger partial charge in [0, 0.05) is 17.7 Å². The van der Waals surface area contributed by atoms with Gasteiger partial charge in [-0.05, 0) is 54.7 Å². The number of aryl methyl sites for hydroxylation is 2. The third kappa shape index (κ3) is 6.15. The molecule has 0 radical (unpaired) electrons. The Morgan fingerprint density at radius 3 is 2.37 bits per heavy atom. The molecule has 0 amide bonds. The Morgan fingerprint density at radius 1 is 0.967 bits per heavy atom. The van der Waals surface area contributed by atoms with E-state index in [1.165, 1.54) is 37.0 Å². The summed E-state index contributed by atoms with van der Waals surface area (Å²) in [6.45, 7) is 4.19. The quantitative estimate of drug-likeness (QED) is 0.173. The lowest BCUT2D eigenvalue weighted by Crippen LogP contribution is -2.04. The predicted molar refractivity (Wildman–Crippen MR) is 121 cm³/mol. The molecule has 0 aliphatic rings. The van der Waals surface area contributed by atoms with Crippen molar-refractivity contribution >= 4 is 12.0 Å². The summed E-state index contributed by atoms with van der Waals surface area (Å²) in [5, 5.41) is 0. The van der Waals surface area contributed by atoms with Crippen molar-refractivity contribution in [1.82, 2.24) is 0 Å². The molecular formula is C27H27FO2. The molecule has 0 heterocycles. The van der Waals surface area contributed by atoms with Crippen LogP contribution in [0.3, 0.4) is 0 Å². The topological polar surface area (TPSA) is 26.3 Å². The van der Waals surface area contributed by atoms with Crippen LogP contribution in [0.15, 0.2) is 72.8 Å². The van der Waals surface area contributed by atoms with Crippen molar-refractivity contribution in [1.29, 1.82) is 0 Å². The minimum absolute atomic E-state index is 0.186. The smallest absolute Gasteiger partial charge is 0.336 e. The Kier molecular flexibility index (Phi) is 7.56. The van der Waals surface area contributed by atoms with Crippen LogP contribution in [-0.2, 0) is 11.2 Å². The molecule has 30 heavy (non-hydrogen) atoms. The van der Waals surface area contributed by atoms with Gasteiger partial charge < -0.3 is 4.74 Å². The van der Waals surface area contributed by atoms with Crippen LogP contribution in [0.5, 0.6) is 5.75 Å². The normalized spacial score (nSPS) is 11.0. The van der Waals surface area contributed by atoms with Crippen molar-refractivity contribution in [2.75, 3.05) is 0 Å². The highest BCUT2D eigenvalue weighted by Crippen LogP contribution is 2.27. The SMILES string of the molecule is CCCCCc1ccc(-c2ccc(OC(=O)/C=C\c3ccc(C)cc3)cc2F)cc1. The number of ether oxygens (including phenoxy) is 1. The zero-order valence-electron chi connectivity index (χ0n) is 17.5. The maximum Gasteiger partial charge on any atom is 0.336 e. The molecule has 0 unspecified atom stereocenters. The first-order valence-corrected chi connectivity index (χ1v) is 10.4. The minimum Gasteiger partial charge on any atom is -0.423 e. The third-order valence-corrected chi connectivity index (χ3v) is 4.98. The molecule has 0 atom stereocenters. The fraction of sp³-hybridized carbons (Fsp3) is 0.222. The first kappa shape index (κ1) is 21.5. The number of carbonyl (C=O) groups excluding carboxylic acids is 1. The molecule has 0 saturated heterocycles. The molecule has 0 N–H and O–H groups in total. The Balaban J connectivity index is 1.63. The van der Waals surface area contributed by atoms with Gasteiger partial charge in [0.05, 0.1) is 0 Å². The molecule has 0 aliphatic heterocycles. The van der Waals surface area contributed by atoms with E-state index in [1.807, 2.05) is 55.5 Å². The van der Waals surface area contributed by atoms with E-state index in [0.29, 0.717) is 5.56 Å². The first-order chi connectivity index (χ1) is 14.5. The van der Waals surface area contributed by atoms with Gasteiger partial charge >= 0.3 is 5.97 Å². The molecule has 0 aromatic heterocycles. The van der Waals surface area contributed by atoms with Gasteiger partial charge in [-0.15, -0.1) is 0 Å². The van der Waals surface area contributed by atoms with E-state index in [2.05, 4.69) is 6.92 Å². The number of carbonyl (C=O) groups is 1. The van der Waals surface area contributed by atoms with Gasteiger partial charge in [0.2, 0.25) is 0 Å². The highest BCUT2D eigenvalue weighted by atomic mass is 19.1. The van der Waals surface area contributed by atoms with E-state index >= 15 is 0 Å². The molecule has 3 aromatic rings. The highest BCUT2D eigenvalue weighted by Gasteiger charge is 2.09. The number of halogens is 1. The summed E-state index contributed by atoms with van der Waals surface area (Å²) in [7, 11) is 0. The molecule has 0 spiro atoms. The molecule has 154 valence electrons. The van der Waals surface area contributed by atoms with Crippen LogP contribution in [0, 0.1) is 12.7 Å². The summed E-state index contributed by atoms with van der Waals surface area (Å²) >= 11 is 0. The molecule has 0 fully saturated rings.